The lowest BCUT2D eigenvalue weighted by atomic mass is 9.75. The van der Waals surface area contributed by atoms with Crippen molar-refractivity contribution in [1.82, 2.24) is 5.32 Å². The Bertz CT molecular complexity index is 1170. The first-order valence-corrected chi connectivity index (χ1v) is 12.5. The van der Waals surface area contributed by atoms with Crippen LogP contribution < -0.4 is 19.9 Å². The van der Waals surface area contributed by atoms with Crippen LogP contribution in [0.2, 0.25) is 0 Å². The fourth-order valence-corrected chi connectivity index (χ4v) is 5.38. The van der Waals surface area contributed by atoms with Gasteiger partial charge in [-0.2, -0.15) is 0 Å². The summed E-state index contributed by atoms with van der Waals surface area (Å²) < 4.78 is 6.57. The van der Waals surface area contributed by atoms with Crippen LogP contribution in [0.1, 0.15) is 54.7 Å². The molecule has 35 heavy (non-hydrogen) atoms. The fourth-order valence-electron chi connectivity index (χ4n) is 5.38. The van der Waals surface area contributed by atoms with E-state index < -0.39 is 5.54 Å². The van der Waals surface area contributed by atoms with Crippen molar-refractivity contribution < 1.29 is 9.53 Å². The number of nitrogens with zero attached hydrogens (tertiary/aromatic N) is 2. The lowest BCUT2D eigenvalue weighted by molar-refractivity contribution is 0.0947. The lowest BCUT2D eigenvalue weighted by Gasteiger charge is -2.39. The van der Waals surface area contributed by atoms with Gasteiger partial charge in [0.25, 0.3) is 5.91 Å². The van der Waals surface area contributed by atoms with Crippen LogP contribution in [0, 0.1) is 0 Å². The Kier molecular flexibility index (Phi) is 6.88. The van der Waals surface area contributed by atoms with Crippen molar-refractivity contribution in [2.45, 2.75) is 33.2 Å². The zero-order valence-corrected chi connectivity index (χ0v) is 21.2. The Labute approximate surface area is 209 Å². The number of benzene rings is 3. The Hall–Kier alpha value is -3.73. The quantitative estimate of drug-likeness (QED) is 0.429. The molecule has 5 nitrogen and oxygen atoms in total. The normalized spacial score (nSPS) is 14.0. The summed E-state index contributed by atoms with van der Waals surface area (Å²) in [6.07, 6.45) is 0. The van der Waals surface area contributed by atoms with E-state index in [0.29, 0.717) is 0 Å². The second-order valence-corrected chi connectivity index (χ2v) is 8.56. The number of carbonyl (C=O) groups is 1. The zero-order chi connectivity index (χ0) is 25.2. The molecule has 2 aliphatic rings. The highest BCUT2D eigenvalue weighted by atomic mass is 16.5. The summed E-state index contributed by atoms with van der Waals surface area (Å²) in [5.74, 6) is 1.53. The van der Waals surface area contributed by atoms with Crippen LogP contribution in [0.15, 0.2) is 73.8 Å². The van der Waals surface area contributed by atoms with Crippen LogP contribution in [-0.2, 0) is 5.54 Å². The van der Waals surface area contributed by atoms with E-state index in [1.54, 1.807) is 0 Å². The van der Waals surface area contributed by atoms with Crippen LogP contribution in [0.4, 0.5) is 11.4 Å². The van der Waals surface area contributed by atoms with Crippen LogP contribution in [-0.4, -0.2) is 32.1 Å². The van der Waals surface area contributed by atoms with E-state index in [0.717, 1.165) is 71.3 Å². The van der Waals surface area contributed by atoms with Gasteiger partial charge in [0.15, 0.2) is 0 Å². The van der Waals surface area contributed by atoms with Crippen molar-refractivity contribution in [3.8, 4) is 11.5 Å². The summed E-state index contributed by atoms with van der Waals surface area (Å²) in [7, 11) is 0. The van der Waals surface area contributed by atoms with E-state index in [1.165, 1.54) is 0 Å². The van der Waals surface area contributed by atoms with Crippen LogP contribution in [0.25, 0.3) is 0 Å². The molecule has 1 amide bonds. The minimum absolute atomic E-state index is 0.0509. The van der Waals surface area contributed by atoms with E-state index in [2.05, 4.69) is 98.4 Å². The number of fused-ring (bicyclic) bond motifs is 6. The number of carbonyl (C=O) groups excluding carboxylic acids is 1. The molecular weight excluding hydrogens is 434 g/mol. The highest BCUT2D eigenvalue weighted by molar-refractivity contribution is 6.02. The molecule has 1 N–H and O–H groups in total. The van der Waals surface area contributed by atoms with Crippen LogP contribution in [0.3, 0.4) is 0 Å². The van der Waals surface area contributed by atoms with Crippen molar-refractivity contribution in [1.29, 1.82) is 0 Å². The van der Waals surface area contributed by atoms with Gasteiger partial charge in [-0.25, -0.2) is 0 Å². The van der Waals surface area contributed by atoms with Gasteiger partial charge in [-0.1, -0.05) is 30.3 Å². The summed E-state index contributed by atoms with van der Waals surface area (Å²) in [5, 5.41) is 3.35. The van der Waals surface area contributed by atoms with Gasteiger partial charge in [0.05, 0.1) is 0 Å². The van der Waals surface area contributed by atoms with Crippen molar-refractivity contribution in [3.63, 3.8) is 0 Å². The number of ether oxygens (including phenoxy) is 1. The molecule has 0 bridgehead atoms. The Morgan fingerprint density at radius 3 is 1.71 bits per heavy atom. The Balaban J connectivity index is 0.00000141. The molecule has 3 aromatic rings. The molecule has 0 unspecified atom stereocenters. The number of nitrogens with one attached hydrogen (secondary N) is 1. The first kappa shape index (κ1) is 24.4. The maximum atomic E-state index is 13.1. The average Bonchev–Trinajstić information content (AvgIpc) is 3.19. The van der Waals surface area contributed by atoms with Gasteiger partial charge in [0, 0.05) is 66.4 Å². The number of rotatable bonds is 6. The third kappa shape index (κ3) is 3.75. The Morgan fingerprint density at radius 2 is 1.23 bits per heavy atom. The summed E-state index contributed by atoms with van der Waals surface area (Å²) >= 11 is 0. The monoisotopic (exact) mass is 469 g/mol. The largest absolute Gasteiger partial charge is 0.456 e. The molecule has 0 saturated carbocycles. The molecule has 3 aromatic carbocycles. The van der Waals surface area contributed by atoms with Gasteiger partial charge in [-0.05, 0) is 51.5 Å². The van der Waals surface area contributed by atoms with Crippen LogP contribution in [0.5, 0.6) is 11.5 Å². The molecule has 5 rings (SSSR count). The van der Waals surface area contributed by atoms with Crippen LogP contribution >= 0.6 is 0 Å². The lowest BCUT2D eigenvalue weighted by Crippen LogP contribution is -2.43. The van der Waals surface area contributed by atoms with Gasteiger partial charge in [0.1, 0.15) is 17.0 Å². The number of hydrogen-bond donors (Lipinski definition) is 1. The molecule has 0 aromatic heterocycles. The summed E-state index contributed by atoms with van der Waals surface area (Å²) in [5.41, 5.74) is 5.12. The second-order valence-electron chi connectivity index (χ2n) is 8.56. The SMILES string of the molecule is C=C.CCN(CC)c1ccc2c(c1)Oc1cc(N(CC)CC)ccc1C21NC(=O)c2ccccc21. The predicted octanol–water partition coefficient (Wildman–Crippen LogP) is 6.32. The number of amides is 1. The maximum absolute atomic E-state index is 13.1. The van der Waals surface area contributed by atoms with Gasteiger partial charge < -0.3 is 19.9 Å². The molecule has 2 heterocycles. The van der Waals surface area contributed by atoms with E-state index in [1.807, 2.05) is 18.2 Å². The van der Waals surface area contributed by atoms with E-state index in [4.69, 9.17) is 4.74 Å². The zero-order valence-electron chi connectivity index (χ0n) is 21.2. The molecular formula is C30H35N3O2. The number of anilines is 2. The molecule has 0 aliphatic carbocycles. The molecule has 0 atom stereocenters. The van der Waals surface area contributed by atoms with Gasteiger partial charge in [-0.3, -0.25) is 4.79 Å². The first-order chi connectivity index (χ1) is 17.1. The summed E-state index contributed by atoms with van der Waals surface area (Å²) in [4.78, 5) is 17.7. The van der Waals surface area contributed by atoms with Gasteiger partial charge in [0.2, 0.25) is 0 Å². The smallest absolute Gasteiger partial charge is 0.252 e. The molecule has 0 fully saturated rings. The summed E-state index contributed by atoms with van der Waals surface area (Å²) in [6, 6.07) is 20.6. The van der Waals surface area contributed by atoms with Crippen molar-refractivity contribution in [3.05, 3.63) is 96.1 Å². The first-order valence-electron chi connectivity index (χ1n) is 12.5. The molecule has 0 radical (unpaired) electrons. The number of hydrogen-bond acceptors (Lipinski definition) is 4. The maximum Gasteiger partial charge on any atom is 0.252 e. The average molecular weight is 470 g/mol. The van der Waals surface area contributed by atoms with E-state index in [-0.39, 0.29) is 5.91 Å². The van der Waals surface area contributed by atoms with Crippen molar-refractivity contribution in [2.24, 2.45) is 0 Å². The molecule has 182 valence electrons. The molecule has 1 spiro atoms. The second kappa shape index (κ2) is 9.87. The van der Waals surface area contributed by atoms with E-state index in [9.17, 15) is 4.79 Å². The molecule has 0 saturated heterocycles. The topological polar surface area (TPSA) is 44.8 Å². The van der Waals surface area contributed by atoms with E-state index >= 15 is 0 Å². The minimum Gasteiger partial charge on any atom is -0.456 e. The van der Waals surface area contributed by atoms with Gasteiger partial charge in [-0.15, -0.1) is 13.2 Å². The Morgan fingerprint density at radius 1 is 0.743 bits per heavy atom. The third-order valence-corrected chi connectivity index (χ3v) is 7.09. The van der Waals surface area contributed by atoms with Gasteiger partial charge >= 0.3 is 0 Å². The molecule has 5 heteroatoms. The minimum atomic E-state index is -0.764. The molecule has 2 aliphatic heterocycles. The third-order valence-electron chi connectivity index (χ3n) is 7.09. The highest BCUT2D eigenvalue weighted by Gasteiger charge is 2.51. The van der Waals surface area contributed by atoms with Crippen molar-refractivity contribution in [2.75, 3.05) is 36.0 Å². The van der Waals surface area contributed by atoms with Crippen molar-refractivity contribution >= 4 is 17.3 Å². The highest BCUT2D eigenvalue weighted by Crippen LogP contribution is 2.54. The predicted molar refractivity (Wildman–Crippen MR) is 145 cm³/mol. The fraction of sp³-hybridized carbons (Fsp3) is 0.300. The standard InChI is InChI=1S/C28H31N3O2.C2H4/c1-5-30(6-2)19-13-15-23-25(17-19)33-26-18-20(31(7-3)8-4)14-16-24(26)28(23)22-12-10-9-11-21(22)27(32)29-28;1-2/h9-18H,5-8H2,1-4H3,(H,29,32);1-2H2. The summed E-state index contributed by atoms with van der Waals surface area (Å²) in [6.45, 7) is 18.3.